The summed E-state index contributed by atoms with van der Waals surface area (Å²) in [5.41, 5.74) is 6.38. The van der Waals surface area contributed by atoms with Gasteiger partial charge in [0.2, 0.25) is 0 Å². The van der Waals surface area contributed by atoms with Gasteiger partial charge in [0.05, 0.1) is 0 Å². The normalized spacial score (nSPS) is 17.4. The van der Waals surface area contributed by atoms with Crippen molar-refractivity contribution < 1.29 is 0 Å². The summed E-state index contributed by atoms with van der Waals surface area (Å²) in [4.78, 5) is 0. The molecule has 0 fully saturated rings. The molecule has 1 spiro atoms. The lowest BCUT2D eigenvalue weighted by molar-refractivity contribution is 0.565. The molecule has 1 heteroatoms. The Morgan fingerprint density at radius 3 is 1.60 bits per heavy atom. The van der Waals surface area contributed by atoms with Crippen molar-refractivity contribution in [3.8, 4) is 0 Å². The standard InChI is InChI=1S/C24H24Si/c1-17(2)24-20-11-5-7-13-22(20)25(23-14-8-6-12-21(23)24)15-18-9-3-4-10-19(18)16-25/h3-14,17,24H,15-16H2,1-2H3. The summed E-state index contributed by atoms with van der Waals surface area (Å²) in [6, 6.07) is 30.4. The average molecular weight is 341 g/mol. The zero-order chi connectivity index (χ0) is 17.0. The fourth-order valence-electron chi connectivity index (χ4n) is 5.43. The van der Waals surface area contributed by atoms with E-state index in [1.165, 1.54) is 12.1 Å². The quantitative estimate of drug-likeness (QED) is 0.582. The third-order valence-corrected chi connectivity index (χ3v) is 11.3. The molecule has 0 saturated carbocycles. The summed E-state index contributed by atoms with van der Waals surface area (Å²) in [5, 5.41) is 3.40. The van der Waals surface area contributed by atoms with Crippen molar-refractivity contribution in [2.75, 3.05) is 0 Å². The molecule has 3 aromatic carbocycles. The van der Waals surface area contributed by atoms with Crippen molar-refractivity contribution in [2.24, 2.45) is 5.92 Å². The van der Waals surface area contributed by atoms with Gasteiger partial charge in [0.15, 0.2) is 0 Å². The van der Waals surface area contributed by atoms with Gasteiger partial charge in [-0.25, -0.2) is 0 Å². The van der Waals surface area contributed by atoms with Crippen molar-refractivity contribution in [1.29, 1.82) is 0 Å². The third kappa shape index (κ3) is 2.05. The lowest BCUT2D eigenvalue weighted by atomic mass is 9.82. The van der Waals surface area contributed by atoms with Crippen LogP contribution in [0.25, 0.3) is 0 Å². The zero-order valence-corrected chi connectivity index (χ0v) is 16.0. The van der Waals surface area contributed by atoms with Crippen LogP contribution in [0.4, 0.5) is 0 Å². The second-order valence-electron chi connectivity index (χ2n) is 8.10. The van der Waals surface area contributed by atoms with Crippen LogP contribution in [0.3, 0.4) is 0 Å². The molecule has 3 aromatic rings. The Morgan fingerprint density at radius 2 is 1.12 bits per heavy atom. The number of fused-ring (bicyclic) bond motifs is 5. The van der Waals surface area contributed by atoms with Crippen LogP contribution in [0.2, 0.25) is 0 Å². The van der Waals surface area contributed by atoms with Gasteiger partial charge in [-0.2, -0.15) is 0 Å². The van der Waals surface area contributed by atoms with E-state index in [1.807, 2.05) is 0 Å². The third-order valence-electron chi connectivity index (χ3n) is 6.39. The first-order chi connectivity index (χ1) is 12.2. The SMILES string of the molecule is CC(C)C1c2ccccc2[Si]2(Cc3ccccc3C2)c2ccccc21. The van der Waals surface area contributed by atoms with Gasteiger partial charge < -0.3 is 0 Å². The molecule has 0 nitrogen and oxygen atoms in total. The first-order valence-electron chi connectivity index (χ1n) is 9.46. The highest BCUT2D eigenvalue weighted by molar-refractivity contribution is 7.02. The minimum Gasteiger partial charge on any atom is -0.0623 e. The summed E-state index contributed by atoms with van der Waals surface area (Å²) in [6.45, 7) is 4.75. The first kappa shape index (κ1) is 15.2. The van der Waals surface area contributed by atoms with E-state index in [2.05, 4.69) is 86.6 Å². The lowest BCUT2D eigenvalue weighted by Gasteiger charge is -2.41. The van der Waals surface area contributed by atoms with Crippen LogP contribution in [0.15, 0.2) is 72.8 Å². The van der Waals surface area contributed by atoms with Crippen LogP contribution in [0, 0.1) is 5.92 Å². The highest BCUT2D eigenvalue weighted by Crippen LogP contribution is 2.39. The maximum Gasteiger partial charge on any atom is 0.127 e. The Labute approximate surface area is 151 Å². The fourth-order valence-corrected chi connectivity index (χ4v) is 11.0. The predicted molar refractivity (Wildman–Crippen MR) is 108 cm³/mol. The summed E-state index contributed by atoms with van der Waals surface area (Å²) in [7, 11) is -1.75. The molecule has 0 bridgehead atoms. The first-order valence-corrected chi connectivity index (χ1v) is 11.9. The van der Waals surface area contributed by atoms with Gasteiger partial charge in [-0.15, -0.1) is 0 Å². The van der Waals surface area contributed by atoms with E-state index >= 15 is 0 Å². The average Bonchev–Trinajstić information content (AvgIpc) is 3.02. The molecule has 0 saturated heterocycles. The van der Waals surface area contributed by atoms with Crippen LogP contribution >= 0.6 is 0 Å². The van der Waals surface area contributed by atoms with Gasteiger partial charge >= 0.3 is 0 Å². The van der Waals surface area contributed by atoms with E-state index in [1.54, 1.807) is 32.6 Å². The largest absolute Gasteiger partial charge is 0.127 e. The maximum atomic E-state index is 2.46. The van der Waals surface area contributed by atoms with Gasteiger partial charge in [-0.05, 0) is 50.6 Å². The molecule has 0 amide bonds. The molecular formula is C24H24Si. The Bertz CT molecular complexity index is 879. The summed E-state index contributed by atoms with van der Waals surface area (Å²) >= 11 is 0. The number of rotatable bonds is 1. The van der Waals surface area contributed by atoms with Crippen LogP contribution in [-0.2, 0) is 12.1 Å². The highest BCUT2D eigenvalue weighted by atomic mass is 28.3. The molecule has 0 unspecified atom stereocenters. The zero-order valence-electron chi connectivity index (χ0n) is 15.0. The molecule has 0 N–H and O–H groups in total. The van der Waals surface area contributed by atoms with E-state index in [-0.39, 0.29) is 0 Å². The maximum absolute atomic E-state index is 2.46. The summed E-state index contributed by atoms with van der Waals surface area (Å²) in [6.07, 6.45) is 0. The van der Waals surface area contributed by atoms with Crippen molar-refractivity contribution in [2.45, 2.75) is 31.9 Å². The van der Waals surface area contributed by atoms with Gasteiger partial charge in [0.25, 0.3) is 0 Å². The second kappa shape index (κ2) is 5.44. The summed E-state index contributed by atoms with van der Waals surface area (Å²) < 4.78 is 0. The van der Waals surface area contributed by atoms with Gasteiger partial charge in [0, 0.05) is 5.92 Å². The molecule has 124 valence electrons. The molecule has 2 aliphatic heterocycles. The van der Waals surface area contributed by atoms with E-state index in [9.17, 15) is 0 Å². The molecule has 0 aromatic heterocycles. The molecule has 0 atom stereocenters. The predicted octanol–water partition coefficient (Wildman–Crippen LogP) is 4.23. The van der Waals surface area contributed by atoms with Crippen LogP contribution < -0.4 is 10.4 Å². The van der Waals surface area contributed by atoms with Gasteiger partial charge in [-0.1, -0.05) is 86.6 Å². The number of hydrogen-bond donors (Lipinski definition) is 0. The van der Waals surface area contributed by atoms with E-state index < -0.39 is 8.07 Å². The van der Waals surface area contributed by atoms with Gasteiger partial charge in [0.1, 0.15) is 8.07 Å². The summed E-state index contributed by atoms with van der Waals surface area (Å²) in [5.74, 6) is 1.16. The Balaban J connectivity index is 1.81. The molecule has 0 radical (unpaired) electrons. The topological polar surface area (TPSA) is 0 Å². The van der Waals surface area contributed by atoms with Crippen LogP contribution in [0.1, 0.15) is 42.0 Å². The fraction of sp³-hybridized carbons (Fsp3) is 0.250. The minimum absolute atomic E-state index is 0.536. The molecule has 2 heterocycles. The Morgan fingerprint density at radius 1 is 0.680 bits per heavy atom. The number of hydrogen-bond acceptors (Lipinski definition) is 0. The minimum atomic E-state index is -1.75. The highest BCUT2D eigenvalue weighted by Gasteiger charge is 2.49. The van der Waals surface area contributed by atoms with Crippen molar-refractivity contribution in [3.05, 3.63) is 95.1 Å². The molecule has 2 aliphatic rings. The van der Waals surface area contributed by atoms with E-state index in [0.29, 0.717) is 11.8 Å². The smallest absolute Gasteiger partial charge is 0.0623 e. The van der Waals surface area contributed by atoms with Crippen molar-refractivity contribution in [1.82, 2.24) is 0 Å². The molecular weight excluding hydrogens is 316 g/mol. The van der Waals surface area contributed by atoms with Crippen molar-refractivity contribution in [3.63, 3.8) is 0 Å². The van der Waals surface area contributed by atoms with Crippen LogP contribution in [-0.4, -0.2) is 8.07 Å². The number of benzene rings is 3. The van der Waals surface area contributed by atoms with E-state index in [0.717, 1.165) is 0 Å². The molecule has 25 heavy (non-hydrogen) atoms. The molecule has 5 rings (SSSR count). The molecule has 0 aliphatic carbocycles. The van der Waals surface area contributed by atoms with Crippen LogP contribution in [0.5, 0.6) is 0 Å². The Kier molecular flexibility index (Phi) is 3.30. The second-order valence-corrected chi connectivity index (χ2v) is 12.0. The monoisotopic (exact) mass is 340 g/mol. The lowest BCUT2D eigenvalue weighted by Crippen LogP contribution is -2.65. The van der Waals surface area contributed by atoms with Gasteiger partial charge in [-0.3, -0.25) is 0 Å². The Hall–Kier alpha value is -2.12. The van der Waals surface area contributed by atoms with Crippen molar-refractivity contribution >= 4 is 18.4 Å². The van der Waals surface area contributed by atoms with E-state index in [4.69, 9.17) is 0 Å².